The maximum atomic E-state index is 5.82. The van der Waals surface area contributed by atoms with Crippen molar-refractivity contribution in [1.29, 1.82) is 0 Å². The highest BCUT2D eigenvalue weighted by Crippen LogP contribution is 2.35. The Kier molecular flexibility index (Phi) is 4.96. The summed E-state index contributed by atoms with van der Waals surface area (Å²) in [6.45, 7) is 4.73. The number of piperidine rings is 1. The molecule has 6 heteroatoms. The highest BCUT2D eigenvalue weighted by molar-refractivity contribution is 5.29. The Bertz CT molecular complexity index is 511. The second kappa shape index (κ2) is 7.33. The van der Waals surface area contributed by atoms with E-state index in [2.05, 4.69) is 20.2 Å². The second-order valence-corrected chi connectivity index (χ2v) is 7.29. The highest BCUT2D eigenvalue weighted by atomic mass is 16.7. The molecule has 4 rings (SSSR count). The first kappa shape index (κ1) is 16.2. The molecule has 0 amide bonds. The Morgan fingerprint density at radius 3 is 2.62 bits per heavy atom. The van der Waals surface area contributed by atoms with Crippen LogP contribution >= 0.6 is 0 Å². The van der Waals surface area contributed by atoms with Gasteiger partial charge in [-0.05, 0) is 44.2 Å². The molecule has 0 radical (unpaired) electrons. The van der Waals surface area contributed by atoms with Crippen molar-refractivity contribution in [1.82, 2.24) is 15.3 Å². The fraction of sp³-hybridized carbons (Fsp3) is 0.778. The van der Waals surface area contributed by atoms with Gasteiger partial charge in [-0.2, -0.15) is 0 Å². The van der Waals surface area contributed by atoms with Gasteiger partial charge in [-0.1, -0.05) is 0 Å². The van der Waals surface area contributed by atoms with Crippen molar-refractivity contribution < 1.29 is 9.47 Å². The SMILES string of the molecule is c1cnc(N2CCC[C@H](CNC3CCC4(CC3)OCCO4)C2)nc1. The zero-order valence-electron chi connectivity index (χ0n) is 14.3. The van der Waals surface area contributed by atoms with Crippen LogP contribution in [0, 0.1) is 5.92 Å². The van der Waals surface area contributed by atoms with Gasteiger partial charge in [-0.25, -0.2) is 9.97 Å². The molecule has 1 saturated carbocycles. The van der Waals surface area contributed by atoms with Crippen molar-refractivity contribution in [2.24, 2.45) is 5.92 Å². The van der Waals surface area contributed by atoms with Gasteiger partial charge in [0.15, 0.2) is 5.79 Å². The molecule has 1 N–H and O–H groups in total. The zero-order valence-corrected chi connectivity index (χ0v) is 14.3. The number of ether oxygens (including phenoxy) is 2. The van der Waals surface area contributed by atoms with Crippen LogP contribution in [0.5, 0.6) is 0 Å². The quantitative estimate of drug-likeness (QED) is 0.910. The summed E-state index contributed by atoms with van der Waals surface area (Å²) in [5.41, 5.74) is 0. The smallest absolute Gasteiger partial charge is 0.225 e. The van der Waals surface area contributed by atoms with E-state index in [1.165, 1.54) is 12.8 Å². The highest BCUT2D eigenvalue weighted by Gasteiger charge is 2.40. The van der Waals surface area contributed by atoms with E-state index in [0.29, 0.717) is 12.0 Å². The summed E-state index contributed by atoms with van der Waals surface area (Å²) < 4.78 is 11.6. The topological polar surface area (TPSA) is 59.5 Å². The molecule has 0 aromatic carbocycles. The Labute approximate surface area is 143 Å². The second-order valence-electron chi connectivity index (χ2n) is 7.29. The van der Waals surface area contributed by atoms with Gasteiger partial charge in [0.2, 0.25) is 5.95 Å². The fourth-order valence-corrected chi connectivity index (χ4v) is 4.25. The van der Waals surface area contributed by atoms with E-state index in [4.69, 9.17) is 9.47 Å². The lowest BCUT2D eigenvalue weighted by atomic mass is 9.89. The van der Waals surface area contributed by atoms with E-state index in [1.807, 2.05) is 18.5 Å². The molecule has 1 aromatic heterocycles. The molecule has 0 bridgehead atoms. The van der Waals surface area contributed by atoms with Gasteiger partial charge in [-0.3, -0.25) is 0 Å². The maximum absolute atomic E-state index is 5.82. The van der Waals surface area contributed by atoms with Crippen LogP contribution in [-0.4, -0.2) is 54.6 Å². The lowest BCUT2D eigenvalue weighted by Crippen LogP contribution is -2.46. The van der Waals surface area contributed by atoms with Gasteiger partial charge in [0.1, 0.15) is 0 Å². The molecule has 2 saturated heterocycles. The van der Waals surface area contributed by atoms with Crippen LogP contribution in [0.25, 0.3) is 0 Å². The predicted molar refractivity (Wildman–Crippen MR) is 91.9 cm³/mol. The van der Waals surface area contributed by atoms with Crippen LogP contribution in [0.4, 0.5) is 5.95 Å². The first-order valence-corrected chi connectivity index (χ1v) is 9.36. The maximum Gasteiger partial charge on any atom is 0.225 e. The number of nitrogens with one attached hydrogen (secondary N) is 1. The van der Waals surface area contributed by atoms with Crippen molar-refractivity contribution in [2.45, 2.75) is 50.4 Å². The molecule has 3 heterocycles. The summed E-state index contributed by atoms with van der Waals surface area (Å²) in [5.74, 6) is 1.31. The Balaban J connectivity index is 1.23. The molecule has 1 spiro atoms. The molecule has 3 fully saturated rings. The number of rotatable bonds is 4. The monoisotopic (exact) mass is 332 g/mol. The van der Waals surface area contributed by atoms with Gasteiger partial charge < -0.3 is 19.7 Å². The first-order valence-electron chi connectivity index (χ1n) is 9.36. The molecular weight excluding hydrogens is 304 g/mol. The molecule has 3 aliphatic rings. The van der Waals surface area contributed by atoms with E-state index < -0.39 is 0 Å². The average molecular weight is 332 g/mol. The lowest BCUT2D eigenvalue weighted by Gasteiger charge is -2.37. The zero-order chi connectivity index (χ0) is 16.2. The molecule has 6 nitrogen and oxygen atoms in total. The molecule has 0 unspecified atom stereocenters. The van der Waals surface area contributed by atoms with E-state index in [-0.39, 0.29) is 5.79 Å². The fourth-order valence-electron chi connectivity index (χ4n) is 4.25. The van der Waals surface area contributed by atoms with E-state index in [0.717, 1.165) is 64.5 Å². The minimum absolute atomic E-state index is 0.246. The number of hydrogen-bond acceptors (Lipinski definition) is 6. The molecule has 1 atom stereocenters. The molecule has 1 aromatic rings. The lowest BCUT2D eigenvalue weighted by molar-refractivity contribution is -0.179. The average Bonchev–Trinajstić information content (AvgIpc) is 3.10. The summed E-state index contributed by atoms with van der Waals surface area (Å²) in [4.78, 5) is 11.1. The molecule has 24 heavy (non-hydrogen) atoms. The Hall–Kier alpha value is -1.24. The first-order chi connectivity index (χ1) is 11.8. The number of aromatic nitrogens is 2. The summed E-state index contributed by atoms with van der Waals surface area (Å²) >= 11 is 0. The third-order valence-corrected chi connectivity index (χ3v) is 5.61. The minimum Gasteiger partial charge on any atom is -0.348 e. The third-order valence-electron chi connectivity index (χ3n) is 5.61. The Morgan fingerprint density at radius 2 is 1.88 bits per heavy atom. The largest absolute Gasteiger partial charge is 0.348 e. The number of hydrogen-bond donors (Lipinski definition) is 1. The van der Waals surface area contributed by atoms with Gasteiger partial charge in [0, 0.05) is 44.4 Å². The van der Waals surface area contributed by atoms with Crippen LogP contribution in [-0.2, 0) is 9.47 Å². The van der Waals surface area contributed by atoms with Crippen LogP contribution < -0.4 is 10.2 Å². The summed E-state index contributed by atoms with van der Waals surface area (Å²) in [7, 11) is 0. The van der Waals surface area contributed by atoms with E-state index >= 15 is 0 Å². The van der Waals surface area contributed by atoms with Gasteiger partial charge >= 0.3 is 0 Å². The van der Waals surface area contributed by atoms with Crippen molar-refractivity contribution in [3.8, 4) is 0 Å². The number of anilines is 1. The van der Waals surface area contributed by atoms with E-state index in [9.17, 15) is 0 Å². The molecule has 1 aliphatic carbocycles. The molecular formula is C18H28N4O2. The third kappa shape index (κ3) is 3.71. The van der Waals surface area contributed by atoms with Crippen molar-refractivity contribution in [3.05, 3.63) is 18.5 Å². The van der Waals surface area contributed by atoms with Gasteiger partial charge in [0.05, 0.1) is 13.2 Å². The van der Waals surface area contributed by atoms with Crippen molar-refractivity contribution in [3.63, 3.8) is 0 Å². The predicted octanol–water partition coefficient (Wildman–Crippen LogP) is 1.97. The summed E-state index contributed by atoms with van der Waals surface area (Å²) in [6.07, 6.45) is 10.5. The van der Waals surface area contributed by atoms with Gasteiger partial charge in [0.25, 0.3) is 0 Å². The van der Waals surface area contributed by atoms with Gasteiger partial charge in [-0.15, -0.1) is 0 Å². The molecule has 132 valence electrons. The van der Waals surface area contributed by atoms with Crippen molar-refractivity contribution in [2.75, 3.05) is 37.7 Å². The van der Waals surface area contributed by atoms with Crippen LogP contribution in [0.2, 0.25) is 0 Å². The minimum atomic E-state index is -0.246. The number of nitrogens with zero attached hydrogens (tertiary/aromatic N) is 3. The summed E-state index contributed by atoms with van der Waals surface area (Å²) in [6, 6.07) is 2.48. The van der Waals surface area contributed by atoms with Crippen LogP contribution in [0.3, 0.4) is 0 Å². The molecule has 2 aliphatic heterocycles. The standard InChI is InChI=1S/C18H28N4O2/c1-3-15(14-22(10-1)17-19-8-2-9-20-17)13-21-16-4-6-18(7-5-16)23-11-12-24-18/h2,8-9,15-16,21H,1,3-7,10-14H2/t15-/m1/s1. The Morgan fingerprint density at radius 1 is 1.12 bits per heavy atom. The van der Waals surface area contributed by atoms with Crippen LogP contribution in [0.15, 0.2) is 18.5 Å². The van der Waals surface area contributed by atoms with E-state index in [1.54, 1.807) is 0 Å². The van der Waals surface area contributed by atoms with Crippen molar-refractivity contribution >= 4 is 5.95 Å². The summed E-state index contributed by atoms with van der Waals surface area (Å²) in [5, 5.41) is 3.79. The normalized spacial score (nSPS) is 27.7. The van der Waals surface area contributed by atoms with Crippen LogP contribution in [0.1, 0.15) is 38.5 Å².